The van der Waals surface area contributed by atoms with E-state index in [9.17, 15) is 36.6 Å². The highest BCUT2D eigenvalue weighted by Crippen LogP contribution is 2.49. The first-order valence-electron chi connectivity index (χ1n) is 31.6. The van der Waals surface area contributed by atoms with E-state index in [1.165, 1.54) is 30.9 Å². The fourth-order valence-electron chi connectivity index (χ4n) is 15.2. The largest absolute Gasteiger partial charge is 0.490 e. The molecular weight excluding hydrogens is 1200 g/mol. The van der Waals surface area contributed by atoms with Crippen molar-refractivity contribution in [3.05, 3.63) is 141 Å². The fourth-order valence-corrected chi connectivity index (χ4v) is 18.0. The van der Waals surface area contributed by atoms with Crippen molar-refractivity contribution in [2.24, 2.45) is 23.7 Å². The fraction of sp³-hybridized carbons (Fsp3) is 0.545. The quantitative estimate of drug-likeness (QED) is 0.141. The Morgan fingerprint density at radius 2 is 1.00 bits per heavy atom. The minimum Gasteiger partial charge on any atom is -0.490 e. The highest BCUT2D eigenvalue weighted by Gasteiger charge is 2.47. The lowest BCUT2D eigenvalue weighted by molar-refractivity contribution is -0.0575. The Labute approximate surface area is 526 Å². The molecule has 2 spiro atoms. The molecule has 2 saturated heterocycles. The van der Waals surface area contributed by atoms with Gasteiger partial charge in [0.2, 0.25) is 0 Å². The molecule has 14 rings (SSSR count). The number of benzene rings is 4. The van der Waals surface area contributed by atoms with E-state index in [-0.39, 0.29) is 84.0 Å². The second kappa shape index (κ2) is 25.4. The van der Waals surface area contributed by atoms with Gasteiger partial charge in [-0.2, -0.15) is 25.4 Å². The van der Waals surface area contributed by atoms with Gasteiger partial charge in [0.1, 0.15) is 11.5 Å². The Morgan fingerprint density at radius 1 is 0.568 bits per heavy atom. The molecule has 0 radical (unpaired) electrons. The predicted octanol–water partition coefficient (Wildman–Crippen LogP) is 8.45. The average molecular weight is 1280 g/mol. The average Bonchev–Trinajstić information content (AvgIpc) is 1.83. The van der Waals surface area contributed by atoms with Crippen LogP contribution in [0.15, 0.2) is 97.1 Å². The van der Waals surface area contributed by atoms with E-state index >= 15 is 0 Å². The minimum absolute atomic E-state index is 0.106. The number of halogens is 2. The first-order valence-corrected chi connectivity index (χ1v) is 35.2. The van der Waals surface area contributed by atoms with Crippen molar-refractivity contribution in [3.8, 4) is 11.5 Å². The summed E-state index contributed by atoms with van der Waals surface area (Å²) in [5, 5.41) is 23.8. The first-order chi connectivity index (χ1) is 42.4. The van der Waals surface area contributed by atoms with Crippen molar-refractivity contribution in [2.75, 3.05) is 88.6 Å². The molecule has 22 heteroatoms. The number of aliphatic hydroxyl groups is 2. The molecule has 0 aromatic heterocycles. The van der Waals surface area contributed by atoms with Gasteiger partial charge in [-0.15, -0.1) is 0 Å². The molecule has 2 amide bonds. The van der Waals surface area contributed by atoms with E-state index in [0.29, 0.717) is 76.9 Å². The number of hydrogen-bond acceptors (Lipinski definition) is 14. The topological polar surface area (TPSA) is 217 Å². The Bertz CT molecular complexity index is 3360. The zero-order chi connectivity index (χ0) is 61.0. The molecule has 472 valence electrons. The van der Waals surface area contributed by atoms with Gasteiger partial charge in [-0.1, -0.05) is 59.6 Å². The summed E-state index contributed by atoms with van der Waals surface area (Å²) in [6.45, 7) is 5.66. The number of nitrogens with zero attached hydrogens (tertiary/aromatic N) is 4. The van der Waals surface area contributed by atoms with Gasteiger partial charge in [-0.05, 0) is 196 Å². The normalized spacial score (nSPS) is 32.6. The zero-order valence-electron chi connectivity index (χ0n) is 49.6. The van der Waals surface area contributed by atoms with Crippen LogP contribution in [0.5, 0.6) is 11.5 Å². The molecule has 10 aliphatic rings. The minimum atomic E-state index is -4.14. The van der Waals surface area contributed by atoms with Crippen molar-refractivity contribution in [2.45, 2.75) is 125 Å². The Hall–Kier alpha value is -5.26. The molecule has 4 aliphatic carbocycles. The number of aryl methyl sites for hydroxylation is 2. The molecule has 88 heavy (non-hydrogen) atoms. The first kappa shape index (κ1) is 61.6. The van der Waals surface area contributed by atoms with E-state index < -0.39 is 44.4 Å². The Kier molecular flexibility index (Phi) is 17.8. The van der Waals surface area contributed by atoms with Gasteiger partial charge >= 0.3 is 20.4 Å². The highest BCUT2D eigenvalue weighted by atomic mass is 35.5. The third-order valence-corrected chi connectivity index (χ3v) is 24.0. The summed E-state index contributed by atoms with van der Waals surface area (Å²) in [7, 11) is -8.28. The number of aliphatic hydroxyl groups excluding tert-OH is 2. The number of ether oxygens (including phenoxy) is 4. The summed E-state index contributed by atoms with van der Waals surface area (Å²) >= 11 is 12.8. The standard InChI is InChI=1S/2C33H40ClN3O6S/c2*34-25-8-10-28-22(16-25)4-3-13-33(28)20-36-18-24-6-9-27(24)30(38)5-1-2-14-37(19-26-12-15-42-26)44(40,41)35-32(39)23-7-11-31(43-21-33)29(36)17-23/h2*1,5,7-8,10-11,16-17,24,26-27,30,38H,2-4,6,9,12-15,18-21H2,(H,35,39)/b2*5-1+/t24-,26?,27+,30-,33-;24-,26+,27+,30-,33-/m00/s1. The van der Waals surface area contributed by atoms with E-state index in [0.717, 1.165) is 98.5 Å². The molecule has 4 N–H and O–H groups in total. The maximum Gasteiger partial charge on any atom is 0.304 e. The number of anilines is 2. The second-order valence-corrected chi connectivity index (χ2v) is 30.4. The SMILES string of the molecule is O=C1NS(=O)(=O)N(CC2CCO2)CC/C=C/[C@H](O)[C@@H]2CC[C@H]2CN2C[C@@]3(CCCc4cc(Cl)ccc43)COc3ccc1cc32.O=C1NS(=O)(=O)N(C[C@H]2CCO2)CC/C=C/[C@H](O)[C@@H]2CC[C@H]2CN2C[C@@]3(CCCc4cc(Cl)ccc43)COc3ccc1cc32. The van der Waals surface area contributed by atoms with Crippen molar-refractivity contribution in [1.82, 2.24) is 18.1 Å². The Morgan fingerprint density at radius 3 is 1.39 bits per heavy atom. The predicted molar refractivity (Wildman–Crippen MR) is 337 cm³/mol. The molecular formula is C66H80Cl2N6O12S2. The summed E-state index contributed by atoms with van der Waals surface area (Å²) in [5.74, 6) is 0.733. The molecule has 6 aliphatic heterocycles. The molecule has 4 aromatic rings. The zero-order valence-corrected chi connectivity index (χ0v) is 52.7. The van der Waals surface area contributed by atoms with Gasteiger partial charge in [0, 0.05) is 97.6 Å². The summed E-state index contributed by atoms with van der Waals surface area (Å²) in [6.07, 6.45) is 17.9. The van der Waals surface area contributed by atoms with Crippen molar-refractivity contribution >= 4 is 66.8 Å². The van der Waals surface area contributed by atoms with Gasteiger partial charge in [-0.3, -0.25) is 9.59 Å². The summed E-state index contributed by atoms with van der Waals surface area (Å²) in [6, 6.07) is 22.7. The monoisotopic (exact) mass is 1280 g/mol. The van der Waals surface area contributed by atoms with E-state index in [4.69, 9.17) is 42.1 Å². The van der Waals surface area contributed by atoms with Crippen molar-refractivity contribution in [3.63, 3.8) is 0 Å². The summed E-state index contributed by atoms with van der Waals surface area (Å²) in [4.78, 5) is 31.6. The molecule has 4 fully saturated rings. The number of carbonyl (C=O) groups is 2. The number of carbonyl (C=O) groups excluding carboxylic acids is 2. The van der Waals surface area contributed by atoms with Gasteiger partial charge in [-0.25, -0.2) is 9.44 Å². The smallest absolute Gasteiger partial charge is 0.304 e. The molecule has 2 saturated carbocycles. The van der Waals surface area contributed by atoms with Crippen LogP contribution in [0.4, 0.5) is 11.4 Å². The molecule has 18 nitrogen and oxygen atoms in total. The van der Waals surface area contributed by atoms with Crippen LogP contribution in [-0.4, -0.2) is 151 Å². The number of amides is 2. The van der Waals surface area contributed by atoms with Crippen LogP contribution >= 0.6 is 23.2 Å². The lowest BCUT2D eigenvalue weighted by atomic mass is 9.68. The van der Waals surface area contributed by atoms with Crippen molar-refractivity contribution < 1.29 is 55.6 Å². The lowest BCUT2D eigenvalue weighted by Gasteiger charge is -2.45. The van der Waals surface area contributed by atoms with Crippen LogP contribution in [0.1, 0.15) is 120 Å². The maximum absolute atomic E-state index is 13.5. The molecule has 4 bridgehead atoms. The van der Waals surface area contributed by atoms with E-state index in [1.807, 2.05) is 36.4 Å². The highest BCUT2D eigenvalue weighted by molar-refractivity contribution is 7.88. The van der Waals surface area contributed by atoms with Gasteiger partial charge in [0.25, 0.3) is 11.8 Å². The third kappa shape index (κ3) is 12.7. The summed E-state index contributed by atoms with van der Waals surface area (Å²) < 4.78 is 85.1. The van der Waals surface area contributed by atoms with Crippen molar-refractivity contribution in [1.29, 1.82) is 0 Å². The third-order valence-electron chi connectivity index (χ3n) is 20.6. The molecule has 10 atom stereocenters. The molecule has 6 heterocycles. The van der Waals surface area contributed by atoms with Crippen LogP contribution < -0.4 is 28.7 Å². The van der Waals surface area contributed by atoms with E-state index in [1.54, 1.807) is 36.4 Å². The van der Waals surface area contributed by atoms with Gasteiger partial charge in [0.05, 0.1) is 49.0 Å². The lowest BCUT2D eigenvalue weighted by Crippen LogP contribution is -2.50. The Balaban J connectivity index is 0.000000162. The van der Waals surface area contributed by atoms with Crippen LogP contribution in [0.25, 0.3) is 0 Å². The van der Waals surface area contributed by atoms with Gasteiger partial charge < -0.3 is 39.0 Å². The maximum atomic E-state index is 13.5. The van der Waals surface area contributed by atoms with Gasteiger partial charge in [0.15, 0.2) is 0 Å². The number of nitrogens with one attached hydrogen (secondary N) is 2. The van der Waals surface area contributed by atoms with Crippen LogP contribution in [-0.2, 0) is 53.6 Å². The second-order valence-electron chi connectivity index (χ2n) is 26.1. The van der Waals surface area contributed by atoms with Crippen LogP contribution in [0, 0.1) is 23.7 Å². The molecule has 1 unspecified atom stereocenters. The van der Waals surface area contributed by atoms with Crippen LogP contribution in [0.3, 0.4) is 0 Å². The van der Waals surface area contributed by atoms with E-state index in [2.05, 4.69) is 43.5 Å². The number of fused-ring (bicyclic) bond motifs is 8. The van der Waals surface area contributed by atoms with Crippen LogP contribution in [0.2, 0.25) is 10.0 Å². The number of rotatable bonds is 4. The number of hydrogen-bond donors (Lipinski definition) is 4. The molecule has 4 aromatic carbocycles. The summed E-state index contributed by atoms with van der Waals surface area (Å²) in [5.41, 5.74) is 6.51.